The fourth-order valence-corrected chi connectivity index (χ4v) is 1.18. The van der Waals surface area contributed by atoms with E-state index in [1.165, 1.54) is 6.11 Å². The van der Waals surface area contributed by atoms with Crippen LogP contribution in [0.5, 0.6) is 0 Å². The van der Waals surface area contributed by atoms with Crippen LogP contribution in [0.3, 0.4) is 0 Å². The Morgan fingerprint density at radius 2 is 2.00 bits per heavy atom. The first-order valence-electron chi connectivity index (χ1n) is 4.38. The zero-order valence-corrected chi connectivity index (χ0v) is 8.40. The molecule has 0 aromatic heterocycles. The molecule has 1 fully saturated rings. The number of carbonyl (C=O) groups is 2. The van der Waals surface area contributed by atoms with Gasteiger partial charge in [0.05, 0.1) is 0 Å². The van der Waals surface area contributed by atoms with Gasteiger partial charge in [0, 0.05) is 0 Å². The normalized spacial score (nSPS) is 14.8. The smallest absolute Gasteiger partial charge is 0.329 e. The van der Waals surface area contributed by atoms with E-state index in [2.05, 4.69) is 5.32 Å². The number of rotatable bonds is 2. The Hall–Kier alpha value is -1.77. The van der Waals surface area contributed by atoms with Gasteiger partial charge in [-0.25, -0.2) is 4.79 Å². The number of nitrogens with one attached hydrogen (secondary N) is 1. The second-order valence-electron chi connectivity index (χ2n) is 3.10. The second-order valence-corrected chi connectivity index (χ2v) is 3.10. The number of amides is 1. The van der Waals surface area contributed by atoms with Crippen LogP contribution in [0.2, 0.25) is 0 Å². The minimum atomic E-state index is -1.06. The monoisotopic (exact) mass is 221 g/mol. The summed E-state index contributed by atoms with van der Waals surface area (Å²) >= 11 is 0. The van der Waals surface area contributed by atoms with Crippen molar-refractivity contribution in [2.75, 3.05) is 0 Å². The Morgan fingerprint density at radius 1 is 1.44 bits per heavy atom. The van der Waals surface area contributed by atoms with Gasteiger partial charge in [-0.2, -0.15) is 0 Å². The van der Waals surface area contributed by atoms with Crippen LogP contribution in [0.25, 0.3) is 0 Å². The van der Waals surface area contributed by atoms with E-state index >= 15 is 0 Å². The number of carbonyl (C=O) groups excluding carboxylic acids is 1. The maximum atomic E-state index is 10.6. The van der Waals surface area contributed by atoms with Crippen molar-refractivity contribution >= 4 is 26.8 Å². The molecule has 0 aromatic carbocycles. The van der Waals surface area contributed by atoms with E-state index in [0.29, 0.717) is 20.0 Å². The summed E-state index contributed by atoms with van der Waals surface area (Å²) in [5.41, 5.74) is -1.06. The van der Waals surface area contributed by atoms with Crippen molar-refractivity contribution in [3.05, 3.63) is 0 Å². The van der Waals surface area contributed by atoms with Crippen LogP contribution in [0.15, 0.2) is 0 Å². The van der Waals surface area contributed by atoms with Gasteiger partial charge >= 0.3 is 34.9 Å². The van der Waals surface area contributed by atoms with E-state index in [9.17, 15) is 9.59 Å². The molecule has 0 aliphatic heterocycles. The molecule has 16 heavy (non-hydrogen) atoms. The van der Waals surface area contributed by atoms with E-state index in [1.807, 2.05) is 0 Å². The molecule has 6 nitrogen and oxygen atoms in total. The van der Waals surface area contributed by atoms with Crippen LogP contribution in [0, 0.1) is 11.9 Å². The van der Waals surface area contributed by atoms with Crippen LogP contribution < -0.4 is 5.32 Å². The Morgan fingerprint density at radius 3 is 2.06 bits per heavy atom. The number of aliphatic carboxylic acids is 1. The van der Waals surface area contributed by atoms with Crippen LogP contribution >= 0.6 is 0 Å². The minimum absolute atomic E-state index is 0.319. The van der Waals surface area contributed by atoms with E-state index in [-0.39, 0.29) is 0 Å². The van der Waals surface area contributed by atoms with Gasteiger partial charge < -0.3 is 10.4 Å². The molecule has 0 heterocycles. The third kappa shape index (κ3) is 4.17. The molecule has 1 amide bonds. The number of hydrogen-bond donors (Lipinski definition) is 3. The summed E-state index contributed by atoms with van der Waals surface area (Å²) in [4.78, 5) is 20.9. The first kappa shape index (κ1) is 14.2. The molecule has 1 aliphatic rings. The van der Waals surface area contributed by atoms with Gasteiger partial charge in [-0.05, 0) is 19.3 Å². The van der Waals surface area contributed by atoms with E-state index in [4.69, 9.17) is 22.8 Å². The molecule has 2 radical (unpaired) electrons. The Balaban J connectivity index is 0.000000385. The summed E-state index contributed by atoms with van der Waals surface area (Å²) in [6, 6.07) is 0. The molecule has 0 aromatic rings. The quantitative estimate of drug-likeness (QED) is 0.418. The largest absolute Gasteiger partial charge is 0.480 e. The number of aliphatic hydroxyl groups is 1. The maximum absolute atomic E-state index is 10.6. The topological polar surface area (TPSA) is 104 Å². The number of carboxylic acid groups (broad SMARTS) is 1. The number of aliphatic hydroxyl groups excluding tert-OH is 1. The molecule has 0 bridgehead atoms. The SMILES string of the molecule is O=BC#CO.[B]C(=O)NC1(C(=O)O)CCC1. The predicted molar refractivity (Wildman–Crippen MR) is 54.7 cm³/mol. The molecule has 82 valence electrons. The first-order valence-corrected chi connectivity index (χ1v) is 4.38. The molecular formula is C8H9B2NO5. The van der Waals surface area contributed by atoms with Crippen molar-refractivity contribution in [2.24, 2.45) is 0 Å². The van der Waals surface area contributed by atoms with Crippen molar-refractivity contribution in [1.82, 2.24) is 5.32 Å². The Bertz CT molecular complexity index is 342. The van der Waals surface area contributed by atoms with Gasteiger partial charge in [0.25, 0.3) is 0 Å². The predicted octanol–water partition coefficient (Wildman–Crippen LogP) is -0.801. The van der Waals surface area contributed by atoms with Crippen LogP contribution in [-0.4, -0.2) is 42.5 Å². The third-order valence-electron chi connectivity index (χ3n) is 2.10. The van der Waals surface area contributed by atoms with Gasteiger partial charge in [0.2, 0.25) is 7.85 Å². The summed E-state index contributed by atoms with van der Waals surface area (Å²) in [7, 11) is 5.13. The zero-order chi connectivity index (χ0) is 12.6. The summed E-state index contributed by atoms with van der Waals surface area (Å²) in [6.45, 7) is 0. The fourth-order valence-electron chi connectivity index (χ4n) is 1.18. The molecule has 1 rings (SSSR count). The molecule has 1 saturated carbocycles. The average Bonchev–Trinajstić information content (AvgIpc) is 2.13. The van der Waals surface area contributed by atoms with Crippen molar-refractivity contribution < 1.29 is 24.5 Å². The number of carboxylic acids is 1. The molecule has 0 atom stereocenters. The minimum Gasteiger partial charge on any atom is -0.480 e. The molecule has 0 saturated heterocycles. The van der Waals surface area contributed by atoms with Crippen LogP contribution in [0.4, 0.5) is 4.79 Å². The number of hydrogen-bond acceptors (Lipinski definition) is 4. The van der Waals surface area contributed by atoms with E-state index in [1.54, 1.807) is 5.82 Å². The van der Waals surface area contributed by atoms with Gasteiger partial charge in [0.1, 0.15) is 5.54 Å². The molecule has 3 N–H and O–H groups in total. The fraction of sp³-hybridized carbons (Fsp3) is 0.500. The Labute approximate surface area is 94.1 Å². The zero-order valence-electron chi connectivity index (χ0n) is 8.40. The van der Waals surface area contributed by atoms with Crippen molar-refractivity contribution in [2.45, 2.75) is 24.8 Å². The Kier molecular flexibility index (Phi) is 5.93. The molecule has 0 unspecified atom stereocenters. The van der Waals surface area contributed by atoms with Crippen molar-refractivity contribution in [3.63, 3.8) is 0 Å². The van der Waals surface area contributed by atoms with Gasteiger partial charge in [-0.3, -0.25) is 4.79 Å². The molecular weight excluding hydrogens is 212 g/mol. The average molecular weight is 221 g/mol. The second kappa shape index (κ2) is 6.67. The summed E-state index contributed by atoms with van der Waals surface area (Å²) in [6.07, 6.45) is 3.18. The van der Waals surface area contributed by atoms with Crippen molar-refractivity contribution in [1.29, 1.82) is 0 Å². The molecule has 8 heteroatoms. The van der Waals surface area contributed by atoms with Crippen LogP contribution in [-0.2, 0) is 9.50 Å². The molecule has 1 aliphatic carbocycles. The third-order valence-corrected chi connectivity index (χ3v) is 2.10. The van der Waals surface area contributed by atoms with E-state index in [0.717, 1.165) is 6.42 Å². The maximum Gasteiger partial charge on any atom is 0.329 e. The van der Waals surface area contributed by atoms with Gasteiger partial charge in [-0.1, -0.05) is 0 Å². The molecule has 0 spiro atoms. The van der Waals surface area contributed by atoms with Gasteiger partial charge in [0.15, 0.2) is 5.81 Å². The first-order chi connectivity index (χ1) is 7.48. The van der Waals surface area contributed by atoms with Gasteiger partial charge in [-0.15, -0.1) is 0 Å². The summed E-state index contributed by atoms with van der Waals surface area (Å²) in [5, 5.41) is 18.4. The summed E-state index contributed by atoms with van der Waals surface area (Å²) < 4.78 is 9.07. The van der Waals surface area contributed by atoms with E-state index < -0.39 is 17.3 Å². The summed E-state index contributed by atoms with van der Waals surface area (Å²) in [5.74, 6) is -0.0327. The standard InChI is InChI=1S/C6H8BNO3.C2HBO2/c7-5(11)8-6(4(9)10)2-1-3-6;4-2-1-3-5/h1-3H2,(H,8,11)(H,9,10);4H. The van der Waals surface area contributed by atoms with Crippen molar-refractivity contribution in [3.8, 4) is 11.9 Å². The van der Waals surface area contributed by atoms with Crippen LogP contribution in [0.1, 0.15) is 19.3 Å².